The molecule has 8 aromatic rings. The molecule has 0 aliphatic carbocycles. The first-order chi connectivity index (χ1) is 31.6. The van der Waals surface area contributed by atoms with E-state index in [1.807, 2.05) is 30.3 Å². The van der Waals surface area contributed by atoms with Crippen molar-refractivity contribution in [1.29, 1.82) is 0 Å². The molecule has 0 unspecified atom stereocenters. The summed E-state index contributed by atoms with van der Waals surface area (Å²) in [4.78, 5) is 2.51. The Morgan fingerprint density at radius 2 is 0.836 bits per heavy atom. The standard InChI is InChI=1S/C29H23P2.C27H39N2.C5H5.ClH.Fe/c1-5-14-24(15-6-1)30(25-16-7-2-8-17-25)28-22-13-23-29(28)31(26-18-9-3-10-19-26)27-20-11-4-12-21-27;1-18(2)22-11-9-12-23(19(3)4)26(22)28-15-16-29(17-28)27-24(20(5)6)13-10-14-25(27)21(7)8;1-2-4-5-3-1;;/h1-23H;9-14,17-21H,15-16H2,1-8H3;1-5H;1H;/q-1;+1;-5;;/p-1. The van der Waals surface area contributed by atoms with E-state index in [0.717, 1.165) is 13.1 Å². The Morgan fingerprint density at radius 1 is 0.463 bits per heavy atom. The molecule has 9 rings (SSSR count). The van der Waals surface area contributed by atoms with Crippen LogP contribution in [-0.4, -0.2) is 24.0 Å². The van der Waals surface area contributed by atoms with Crippen LogP contribution in [0.3, 0.4) is 0 Å². The van der Waals surface area contributed by atoms with Crippen molar-refractivity contribution >= 4 is 65.4 Å². The Bertz CT molecular complexity index is 2430. The summed E-state index contributed by atoms with van der Waals surface area (Å²) in [6, 6.07) is 74.6. The van der Waals surface area contributed by atoms with E-state index in [1.165, 1.54) is 65.5 Å². The summed E-state index contributed by atoms with van der Waals surface area (Å²) in [7, 11) is -1.25. The third-order valence-electron chi connectivity index (χ3n) is 12.0. The number of hydrogen-bond acceptors (Lipinski definition) is 1. The van der Waals surface area contributed by atoms with Crippen LogP contribution in [0.1, 0.15) is 101 Å². The van der Waals surface area contributed by atoms with E-state index in [0.29, 0.717) is 23.7 Å². The molecule has 0 saturated carbocycles. The van der Waals surface area contributed by atoms with Gasteiger partial charge in [-0.3, -0.25) is 0 Å². The van der Waals surface area contributed by atoms with Crippen molar-refractivity contribution < 1.29 is 34.1 Å². The van der Waals surface area contributed by atoms with Crippen LogP contribution >= 0.6 is 15.8 Å². The van der Waals surface area contributed by atoms with Gasteiger partial charge in [0.15, 0.2) is 0 Å². The summed E-state index contributed by atoms with van der Waals surface area (Å²) < 4.78 is 2.51. The van der Waals surface area contributed by atoms with Crippen molar-refractivity contribution in [2.75, 3.05) is 18.0 Å². The molecule has 0 spiro atoms. The zero-order chi connectivity index (χ0) is 45.7. The van der Waals surface area contributed by atoms with Gasteiger partial charge >= 0.3 is 0 Å². The molecule has 0 amide bonds. The molecular weight excluding hydrogens is 914 g/mol. The largest absolute Gasteiger partial charge is 1.00 e. The second-order valence-electron chi connectivity index (χ2n) is 18.0. The predicted octanol–water partition coefficient (Wildman–Crippen LogP) is 10.7. The van der Waals surface area contributed by atoms with Crippen LogP contribution < -0.4 is 49.1 Å². The molecule has 0 saturated heterocycles. The summed E-state index contributed by atoms with van der Waals surface area (Å²) in [5, 5.41) is 8.51. The summed E-state index contributed by atoms with van der Waals surface area (Å²) in [5.74, 6) is 2.06. The second kappa shape index (κ2) is 26.1. The molecule has 67 heavy (non-hydrogen) atoms. The van der Waals surface area contributed by atoms with E-state index in [-0.39, 0.29) is 29.5 Å². The molecule has 0 atom stereocenters. The molecule has 0 bridgehead atoms. The number of para-hydroxylation sites is 2. The Balaban J connectivity index is 0.000000221. The summed E-state index contributed by atoms with van der Waals surface area (Å²) >= 11 is 0. The second-order valence-corrected chi connectivity index (χ2v) is 22.3. The molecular formula is C61H67ClFeN2P2-6. The zero-order valence-electron chi connectivity index (χ0n) is 40.5. The van der Waals surface area contributed by atoms with Gasteiger partial charge < -0.3 is 42.7 Å². The van der Waals surface area contributed by atoms with Gasteiger partial charge in [-0.1, -0.05) is 221 Å². The minimum atomic E-state index is -0.627. The Morgan fingerprint density at radius 3 is 1.22 bits per heavy atom. The maximum atomic E-state index is 2.51. The van der Waals surface area contributed by atoms with Crippen molar-refractivity contribution in [3.05, 3.63) is 229 Å². The number of benzene rings is 6. The molecule has 1 heterocycles. The van der Waals surface area contributed by atoms with Crippen LogP contribution in [-0.2, 0) is 17.1 Å². The van der Waals surface area contributed by atoms with Gasteiger partial charge in [-0.25, -0.2) is 21.6 Å². The molecule has 0 radical (unpaired) electrons. The maximum Gasteiger partial charge on any atom is 0.244 e. The van der Waals surface area contributed by atoms with Crippen molar-refractivity contribution in [2.45, 2.75) is 79.1 Å². The van der Waals surface area contributed by atoms with Crippen LogP contribution in [0.5, 0.6) is 0 Å². The first-order valence-electron chi connectivity index (χ1n) is 23.5. The fourth-order valence-electron chi connectivity index (χ4n) is 8.79. The van der Waals surface area contributed by atoms with E-state index < -0.39 is 15.8 Å². The normalized spacial score (nSPS) is 12.1. The quantitative estimate of drug-likeness (QED) is 0.0512. The fourth-order valence-corrected chi connectivity index (χ4v) is 14.1. The topological polar surface area (TPSA) is 6.25 Å². The van der Waals surface area contributed by atoms with Crippen LogP contribution in [0.15, 0.2) is 206 Å². The first-order valence-corrected chi connectivity index (χ1v) is 26.2. The summed E-state index contributed by atoms with van der Waals surface area (Å²) in [5.41, 5.74) is 8.67. The average Bonchev–Trinajstić information content (AvgIpc) is 4.17. The van der Waals surface area contributed by atoms with Crippen LogP contribution in [0.4, 0.5) is 11.4 Å². The molecule has 8 aromatic carbocycles. The van der Waals surface area contributed by atoms with Crippen molar-refractivity contribution in [2.24, 2.45) is 0 Å². The van der Waals surface area contributed by atoms with Crippen molar-refractivity contribution in [1.82, 2.24) is 0 Å². The Kier molecular flexibility index (Phi) is 20.7. The number of rotatable bonds is 12. The van der Waals surface area contributed by atoms with E-state index in [1.54, 1.807) is 0 Å². The van der Waals surface area contributed by atoms with Gasteiger partial charge in [0.1, 0.15) is 24.5 Å². The SMILES string of the molecule is CC(C)c1cccc(C(C)C)c1N1C=[N+](c2c(C(C)C)cccc2C(C)C)CC1.[Cl-].[Fe].[cH-]1[cH-][cH-][cH-][cH-]1.c1ccc(P(c2ccccc2)c2ccc[c-]2P(c2ccccc2)c2ccccc2)cc1. The van der Waals surface area contributed by atoms with Gasteiger partial charge in [0.25, 0.3) is 0 Å². The first kappa shape index (κ1) is 53.1. The number of anilines is 1. The van der Waals surface area contributed by atoms with E-state index >= 15 is 0 Å². The smallest absolute Gasteiger partial charge is 0.244 e. The molecule has 0 aromatic heterocycles. The fraction of sp³-hybridized carbons (Fsp3) is 0.230. The van der Waals surface area contributed by atoms with Crippen LogP contribution in [0.25, 0.3) is 0 Å². The van der Waals surface area contributed by atoms with Gasteiger partial charge in [0.2, 0.25) is 6.34 Å². The van der Waals surface area contributed by atoms with Gasteiger partial charge in [0.05, 0.1) is 0 Å². The number of nitrogens with zero attached hydrogens (tertiary/aromatic N) is 2. The third kappa shape index (κ3) is 13.2. The van der Waals surface area contributed by atoms with E-state index in [2.05, 4.69) is 247 Å². The number of hydrogen-bond donors (Lipinski definition) is 0. The summed E-state index contributed by atoms with van der Waals surface area (Å²) in [6.45, 7) is 20.5. The molecule has 0 fully saturated rings. The minimum absolute atomic E-state index is 0. The van der Waals surface area contributed by atoms with Gasteiger partial charge in [-0.2, -0.15) is 6.07 Å². The molecule has 2 nitrogen and oxygen atoms in total. The van der Waals surface area contributed by atoms with Crippen molar-refractivity contribution in [3.8, 4) is 0 Å². The third-order valence-corrected chi connectivity index (χ3v) is 17.2. The van der Waals surface area contributed by atoms with E-state index in [9.17, 15) is 0 Å². The predicted molar refractivity (Wildman–Crippen MR) is 289 cm³/mol. The zero-order valence-corrected chi connectivity index (χ0v) is 44.1. The maximum absolute atomic E-state index is 2.51. The van der Waals surface area contributed by atoms with Gasteiger partial charge in [-0.05, 0) is 52.8 Å². The minimum Gasteiger partial charge on any atom is -1.00 e. The monoisotopic (exact) mass is 980 g/mol. The Hall–Kier alpha value is -4.84. The van der Waals surface area contributed by atoms with Gasteiger partial charge in [0, 0.05) is 39.3 Å². The van der Waals surface area contributed by atoms with Crippen LogP contribution in [0.2, 0.25) is 0 Å². The van der Waals surface area contributed by atoms with E-state index in [4.69, 9.17) is 0 Å². The molecule has 6 heteroatoms. The molecule has 1 aliphatic heterocycles. The van der Waals surface area contributed by atoms with Gasteiger partial charge in [-0.15, -0.1) is 10.6 Å². The molecule has 1 aliphatic rings. The average molecular weight is 981 g/mol. The Labute approximate surface area is 422 Å². The summed E-state index contributed by atoms with van der Waals surface area (Å²) in [6.07, 6.45) is 2.38. The number of halogens is 1. The van der Waals surface area contributed by atoms with Crippen LogP contribution in [0, 0.1) is 0 Å². The van der Waals surface area contributed by atoms with Crippen molar-refractivity contribution in [3.63, 3.8) is 0 Å². The molecule has 352 valence electrons. The molecule has 0 N–H and O–H groups in total.